The van der Waals surface area contributed by atoms with Crippen LogP contribution in [0.1, 0.15) is 54.5 Å². The van der Waals surface area contributed by atoms with Crippen LogP contribution in [-0.4, -0.2) is 17.0 Å². The van der Waals surface area contributed by atoms with Crippen molar-refractivity contribution < 1.29 is 9.53 Å². The van der Waals surface area contributed by atoms with Crippen molar-refractivity contribution in [2.24, 2.45) is 0 Å². The van der Waals surface area contributed by atoms with E-state index in [4.69, 9.17) is 10.00 Å². The molecule has 0 aliphatic heterocycles. The molecule has 1 amide bonds. The Morgan fingerprint density at radius 1 is 1.25 bits per heavy atom. The number of nitrogens with one attached hydrogen (secondary N) is 2. The number of nitrogens with zero attached hydrogens (tertiary/aromatic N) is 1. The van der Waals surface area contributed by atoms with Crippen LogP contribution in [0.25, 0.3) is 0 Å². The number of hydrogen-bond acceptors (Lipinski definition) is 4. The maximum absolute atomic E-state index is 12.3. The monoisotopic (exact) mass is 379 g/mol. The van der Waals surface area contributed by atoms with Gasteiger partial charge in [-0.3, -0.25) is 9.59 Å². The highest BCUT2D eigenvalue weighted by atomic mass is 16.5. The summed E-state index contributed by atoms with van der Waals surface area (Å²) in [7, 11) is 0. The second-order valence-corrected chi connectivity index (χ2v) is 7.27. The molecule has 0 radical (unpaired) electrons. The zero-order valence-corrected chi connectivity index (χ0v) is 16.3. The van der Waals surface area contributed by atoms with Crippen LogP contribution in [0.5, 0.6) is 5.75 Å². The SMILES string of the molecule is Cc1[nH]c(=O)c(C#N)c(C)c1CCC(=O)Nc1ccc(OC2CCCC2)cc1. The average Bonchev–Trinajstić information content (AvgIpc) is 3.16. The number of benzene rings is 1. The molecular weight excluding hydrogens is 354 g/mol. The lowest BCUT2D eigenvalue weighted by Crippen LogP contribution is -2.18. The van der Waals surface area contributed by atoms with Gasteiger partial charge in [-0.15, -0.1) is 0 Å². The Bertz CT molecular complexity index is 949. The van der Waals surface area contributed by atoms with Crippen LogP contribution in [0.15, 0.2) is 29.1 Å². The lowest BCUT2D eigenvalue weighted by Gasteiger charge is -2.14. The number of amides is 1. The highest BCUT2D eigenvalue weighted by Crippen LogP contribution is 2.25. The Balaban J connectivity index is 1.57. The number of nitriles is 1. The van der Waals surface area contributed by atoms with E-state index in [1.54, 1.807) is 13.8 Å². The summed E-state index contributed by atoms with van der Waals surface area (Å²) in [6.45, 7) is 3.53. The fraction of sp³-hybridized carbons (Fsp3) is 0.409. The largest absolute Gasteiger partial charge is 0.490 e. The number of ether oxygens (including phenoxy) is 1. The first kappa shape index (κ1) is 19.7. The quantitative estimate of drug-likeness (QED) is 0.799. The number of aryl methyl sites for hydroxylation is 1. The van der Waals surface area contributed by atoms with E-state index in [-0.39, 0.29) is 23.5 Å². The summed E-state index contributed by atoms with van der Waals surface area (Å²) < 4.78 is 5.93. The molecule has 28 heavy (non-hydrogen) atoms. The van der Waals surface area contributed by atoms with Crippen LogP contribution in [0.3, 0.4) is 0 Å². The van der Waals surface area contributed by atoms with E-state index in [9.17, 15) is 9.59 Å². The molecular formula is C22H25N3O3. The minimum absolute atomic E-state index is 0.110. The number of aromatic nitrogens is 1. The summed E-state index contributed by atoms with van der Waals surface area (Å²) >= 11 is 0. The third-order valence-corrected chi connectivity index (χ3v) is 5.27. The molecule has 1 saturated carbocycles. The summed E-state index contributed by atoms with van der Waals surface area (Å²) in [5.74, 6) is 0.710. The molecule has 0 saturated heterocycles. The molecule has 1 fully saturated rings. The van der Waals surface area contributed by atoms with Gasteiger partial charge in [0.2, 0.25) is 5.91 Å². The second-order valence-electron chi connectivity index (χ2n) is 7.27. The van der Waals surface area contributed by atoms with Gasteiger partial charge in [-0.1, -0.05) is 0 Å². The van der Waals surface area contributed by atoms with E-state index in [0.29, 0.717) is 23.8 Å². The first-order valence-electron chi connectivity index (χ1n) is 9.67. The molecule has 1 aromatic carbocycles. The maximum Gasteiger partial charge on any atom is 0.266 e. The lowest BCUT2D eigenvalue weighted by atomic mass is 9.99. The summed E-state index contributed by atoms with van der Waals surface area (Å²) in [5.41, 5.74) is 2.63. The van der Waals surface area contributed by atoms with Crippen LogP contribution in [0, 0.1) is 25.2 Å². The Kier molecular flexibility index (Phi) is 6.15. The topological polar surface area (TPSA) is 95.0 Å². The molecule has 1 aliphatic carbocycles. The van der Waals surface area contributed by atoms with Crippen LogP contribution < -0.4 is 15.6 Å². The van der Waals surface area contributed by atoms with Gasteiger partial charge >= 0.3 is 0 Å². The minimum atomic E-state index is -0.384. The lowest BCUT2D eigenvalue weighted by molar-refractivity contribution is -0.116. The molecule has 3 rings (SSSR count). The third-order valence-electron chi connectivity index (χ3n) is 5.27. The van der Waals surface area contributed by atoms with E-state index in [2.05, 4.69) is 10.3 Å². The van der Waals surface area contributed by atoms with Crippen molar-refractivity contribution in [3.8, 4) is 11.8 Å². The summed E-state index contributed by atoms with van der Waals surface area (Å²) in [4.78, 5) is 26.8. The zero-order valence-electron chi connectivity index (χ0n) is 16.3. The minimum Gasteiger partial charge on any atom is -0.490 e. The molecule has 2 aromatic rings. The first-order chi connectivity index (χ1) is 13.5. The van der Waals surface area contributed by atoms with Crippen LogP contribution in [0.2, 0.25) is 0 Å². The Morgan fingerprint density at radius 2 is 1.93 bits per heavy atom. The van der Waals surface area contributed by atoms with Crippen LogP contribution in [0.4, 0.5) is 5.69 Å². The molecule has 6 heteroatoms. The zero-order chi connectivity index (χ0) is 20.1. The van der Waals surface area contributed by atoms with E-state index < -0.39 is 0 Å². The molecule has 1 aliphatic rings. The van der Waals surface area contributed by atoms with Crippen molar-refractivity contribution in [3.05, 3.63) is 57.0 Å². The summed E-state index contributed by atoms with van der Waals surface area (Å²) in [5, 5.41) is 12.0. The Hall–Kier alpha value is -3.07. The number of H-pyrrole nitrogens is 1. The summed E-state index contributed by atoms with van der Waals surface area (Å²) in [6.07, 6.45) is 5.69. The van der Waals surface area contributed by atoms with Gasteiger partial charge in [-0.2, -0.15) is 5.26 Å². The smallest absolute Gasteiger partial charge is 0.266 e. The fourth-order valence-corrected chi connectivity index (χ4v) is 3.70. The van der Waals surface area contributed by atoms with Gasteiger partial charge in [-0.25, -0.2) is 0 Å². The van der Waals surface area contributed by atoms with Crippen molar-refractivity contribution in [2.75, 3.05) is 5.32 Å². The molecule has 0 spiro atoms. The third kappa shape index (κ3) is 4.61. The molecule has 0 bridgehead atoms. The fourth-order valence-electron chi connectivity index (χ4n) is 3.70. The first-order valence-corrected chi connectivity index (χ1v) is 9.67. The van der Waals surface area contributed by atoms with Crippen molar-refractivity contribution in [1.82, 2.24) is 4.98 Å². The van der Waals surface area contributed by atoms with Gasteiger partial charge in [0.05, 0.1) is 6.10 Å². The molecule has 146 valence electrons. The second kappa shape index (κ2) is 8.75. The van der Waals surface area contributed by atoms with Gasteiger partial charge in [0.1, 0.15) is 17.4 Å². The Labute approximate surface area is 164 Å². The number of anilines is 1. The molecule has 1 heterocycles. The van der Waals surface area contributed by atoms with Gasteiger partial charge in [-0.05, 0) is 81.3 Å². The number of aromatic amines is 1. The normalized spacial score (nSPS) is 13.9. The van der Waals surface area contributed by atoms with Gasteiger partial charge in [0.25, 0.3) is 5.56 Å². The molecule has 2 N–H and O–H groups in total. The van der Waals surface area contributed by atoms with Crippen molar-refractivity contribution in [2.45, 2.75) is 58.5 Å². The molecule has 0 unspecified atom stereocenters. The van der Waals surface area contributed by atoms with Gasteiger partial charge < -0.3 is 15.0 Å². The predicted octanol–water partition coefficient (Wildman–Crippen LogP) is 3.76. The highest BCUT2D eigenvalue weighted by molar-refractivity contribution is 5.90. The van der Waals surface area contributed by atoms with Crippen LogP contribution in [-0.2, 0) is 11.2 Å². The van der Waals surface area contributed by atoms with Gasteiger partial charge in [0.15, 0.2) is 0 Å². The number of carbonyl (C=O) groups excluding carboxylic acids is 1. The average molecular weight is 379 g/mol. The summed E-state index contributed by atoms with van der Waals surface area (Å²) in [6, 6.07) is 9.37. The van der Waals surface area contributed by atoms with Crippen molar-refractivity contribution in [1.29, 1.82) is 5.26 Å². The number of carbonyl (C=O) groups is 1. The van der Waals surface area contributed by atoms with E-state index >= 15 is 0 Å². The number of rotatable bonds is 6. The van der Waals surface area contributed by atoms with Crippen LogP contribution >= 0.6 is 0 Å². The predicted molar refractivity (Wildman–Crippen MR) is 108 cm³/mol. The maximum atomic E-state index is 12.3. The Morgan fingerprint density at radius 3 is 2.57 bits per heavy atom. The molecule has 0 atom stereocenters. The van der Waals surface area contributed by atoms with E-state index in [1.165, 1.54) is 12.8 Å². The number of pyridine rings is 1. The molecule has 6 nitrogen and oxygen atoms in total. The highest BCUT2D eigenvalue weighted by Gasteiger charge is 2.16. The van der Waals surface area contributed by atoms with Crippen molar-refractivity contribution in [3.63, 3.8) is 0 Å². The number of hydrogen-bond donors (Lipinski definition) is 2. The standard InChI is InChI=1S/C22H25N3O3/c1-14-19(15(2)24-22(27)20(14)13-23)11-12-21(26)25-16-7-9-18(10-8-16)28-17-5-3-4-6-17/h7-10,17H,3-6,11-12H2,1-2H3,(H,24,27)(H,25,26). The van der Waals surface area contributed by atoms with Gasteiger partial charge in [0, 0.05) is 17.8 Å². The molecule has 1 aromatic heterocycles. The van der Waals surface area contributed by atoms with Crippen molar-refractivity contribution >= 4 is 11.6 Å². The van der Waals surface area contributed by atoms with E-state index in [1.807, 2.05) is 30.3 Å². The van der Waals surface area contributed by atoms with E-state index in [0.717, 1.165) is 29.8 Å².